The first kappa shape index (κ1) is 17.0. The molecule has 8 heteroatoms. The molecule has 25 heavy (non-hydrogen) atoms. The van der Waals surface area contributed by atoms with Gasteiger partial charge in [-0.25, -0.2) is 13.1 Å². The summed E-state index contributed by atoms with van der Waals surface area (Å²) in [5.74, 6) is 0.144. The summed E-state index contributed by atoms with van der Waals surface area (Å²) in [6.45, 7) is 4.83. The van der Waals surface area contributed by atoms with Crippen LogP contribution in [-0.4, -0.2) is 65.2 Å². The highest BCUT2D eigenvalue weighted by atomic mass is 32.2. The Morgan fingerprint density at radius 3 is 2.52 bits per heavy atom. The predicted molar refractivity (Wildman–Crippen MR) is 93.3 cm³/mol. The van der Waals surface area contributed by atoms with Crippen molar-refractivity contribution in [3.63, 3.8) is 0 Å². The lowest BCUT2D eigenvalue weighted by molar-refractivity contribution is -0.118. The first-order valence-corrected chi connectivity index (χ1v) is 10.3. The molecule has 0 spiro atoms. The molecule has 7 nitrogen and oxygen atoms in total. The third-order valence-electron chi connectivity index (χ3n) is 5.16. The molecule has 1 aromatic carbocycles. The molecular weight excluding hydrogens is 342 g/mol. The average molecular weight is 365 g/mol. The zero-order valence-electron chi connectivity index (χ0n) is 14.2. The van der Waals surface area contributed by atoms with E-state index >= 15 is 0 Å². The van der Waals surface area contributed by atoms with Crippen LogP contribution < -0.4 is 9.62 Å². The predicted octanol–water partition coefficient (Wildman–Crippen LogP) is 0.132. The standard InChI is InChI=1S/C17H23N3O4S/c21-16-2-1-13-11-15(12-14-3-5-20(16)17(13)14)25(22,23)18-4-6-19-7-9-24-10-8-19/h11-12,18H,1-10H2. The van der Waals surface area contributed by atoms with E-state index in [9.17, 15) is 13.2 Å². The van der Waals surface area contributed by atoms with Crippen molar-refractivity contribution in [1.29, 1.82) is 0 Å². The Kier molecular flexibility index (Phi) is 4.53. The van der Waals surface area contributed by atoms with Crippen molar-refractivity contribution in [1.82, 2.24) is 9.62 Å². The van der Waals surface area contributed by atoms with E-state index in [0.29, 0.717) is 50.6 Å². The minimum Gasteiger partial charge on any atom is -0.379 e. The SMILES string of the molecule is O=C1CCc2cc(S(=O)(=O)NCCN3CCOCC3)cc3c2N1CC3. The summed E-state index contributed by atoms with van der Waals surface area (Å²) >= 11 is 0. The summed E-state index contributed by atoms with van der Waals surface area (Å²) in [6.07, 6.45) is 1.81. The molecule has 0 radical (unpaired) electrons. The molecular formula is C17H23N3O4S. The van der Waals surface area contributed by atoms with Gasteiger partial charge in [-0.1, -0.05) is 0 Å². The zero-order valence-corrected chi connectivity index (χ0v) is 15.0. The Morgan fingerprint density at radius 1 is 1.04 bits per heavy atom. The van der Waals surface area contributed by atoms with E-state index in [1.807, 2.05) is 0 Å². The number of amides is 1. The molecule has 0 aliphatic carbocycles. The second kappa shape index (κ2) is 6.68. The summed E-state index contributed by atoms with van der Waals surface area (Å²) in [4.78, 5) is 16.3. The van der Waals surface area contributed by atoms with Gasteiger partial charge in [-0.05, 0) is 36.1 Å². The van der Waals surface area contributed by atoms with Crippen LogP contribution in [0.15, 0.2) is 17.0 Å². The Hall–Kier alpha value is -1.48. The zero-order chi connectivity index (χ0) is 17.4. The number of anilines is 1. The molecule has 136 valence electrons. The molecule has 1 aromatic rings. The number of carbonyl (C=O) groups is 1. The smallest absolute Gasteiger partial charge is 0.240 e. The number of hydrogen-bond donors (Lipinski definition) is 1. The van der Waals surface area contributed by atoms with Crippen molar-refractivity contribution in [3.05, 3.63) is 23.3 Å². The van der Waals surface area contributed by atoms with Gasteiger partial charge in [-0.3, -0.25) is 9.69 Å². The number of ether oxygens (including phenoxy) is 1. The van der Waals surface area contributed by atoms with Crippen molar-refractivity contribution in [2.24, 2.45) is 0 Å². The number of sulfonamides is 1. The molecule has 0 aromatic heterocycles. The summed E-state index contributed by atoms with van der Waals surface area (Å²) < 4.78 is 33.4. The van der Waals surface area contributed by atoms with Crippen LogP contribution in [0, 0.1) is 0 Å². The van der Waals surface area contributed by atoms with E-state index in [1.54, 1.807) is 17.0 Å². The maximum absolute atomic E-state index is 12.7. The van der Waals surface area contributed by atoms with Gasteiger partial charge < -0.3 is 9.64 Å². The van der Waals surface area contributed by atoms with Gasteiger partial charge in [0.05, 0.1) is 23.8 Å². The maximum Gasteiger partial charge on any atom is 0.240 e. The Bertz CT molecular complexity index is 787. The lowest BCUT2D eigenvalue weighted by Crippen LogP contribution is -2.41. The van der Waals surface area contributed by atoms with Gasteiger partial charge in [0.1, 0.15) is 0 Å². The van der Waals surface area contributed by atoms with E-state index in [0.717, 1.165) is 36.3 Å². The number of nitrogens with zero attached hydrogens (tertiary/aromatic N) is 2. The second-order valence-corrected chi connectivity index (χ2v) is 8.50. The van der Waals surface area contributed by atoms with E-state index in [-0.39, 0.29) is 5.91 Å². The number of nitrogens with one attached hydrogen (secondary N) is 1. The summed E-state index contributed by atoms with van der Waals surface area (Å²) in [5, 5.41) is 0. The summed E-state index contributed by atoms with van der Waals surface area (Å²) in [5.41, 5.74) is 2.89. The first-order valence-electron chi connectivity index (χ1n) is 8.80. The summed E-state index contributed by atoms with van der Waals surface area (Å²) in [6, 6.07) is 3.47. The number of hydrogen-bond acceptors (Lipinski definition) is 5. The van der Waals surface area contributed by atoms with Crippen LogP contribution in [0.4, 0.5) is 5.69 Å². The highest BCUT2D eigenvalue weighted by molar-refractivity contribution is 7.89. The maximum atomic E-state index is 12.7. The van der Waals surface area contributed by atoms with Gasteiger partial charge in [0.2, 0.25) is 15.9 Å². The second-order valence-electron chi connectivity index (χ2n) is 6.74. The topological polar surface area (TPSA) is 79.0 Å². The molecule has 3 heterocycles. The number of rotatable bonds is 5. The van der Waals surface area contributed by atoms with Crippen molar-refractivity contribution in [3.8, 4) is 0 Å². The normalized spacial score (nSPS) is 20.8. The molecule has 0 unspecified atom stereocenters. The Morgan fingerprint density at radius 2 is 1.76 bits per heavy atom. The Labute approximate surface area is 148 Å². The Balaban J connectivity index is 1.48. The lowest BCUT2D eigenvalue weighted by atomic mass is 10.00. The molecule has 0 bridgehead atoms. The van der Waals surface area contributed by atoms with Crippen LogP contribution in [0.25, 0.3) is 0 Å². The average Bonchev–Trinajstić information content (AvgIpc) is 3.04. The molecule has 4 rings (SSSR count). The van der Waals surface area contributed by atoms with Gasteiger partial charge in [0, 0.05) is 39.1 Å². The van der Waals surface area contributed by atoms with Crippen LogP contribution >= 0.6 is 0 Å². The molecule has 0 saturated carbocycles. The fourth-order valence-corrected chi connectivity index (χ4v) is 4.95. The number of carbonyl (C=O) groups excluding carboxylic acids is 1. The van der Waals surface area contributed by atoms with E-state index in [4.69, 9.17) is 4.74 Å². The fraction of sp³-hybridized carbons (Fsp3) is 0.588. The van der Waals surface area contributed by atoms with Gasteiger partial charge in [0.15, 0.2) is 0 Å². The van der Waals surface area contributed by atoms with Gasteiger partial charge in [-0.15, -0.1) is 0 Å². The lowest BCUT2D eigenvalue weighted by Gasteiger charge is -2.27. The molecule has 3 aliphatic rings. The molecule has 1 fully saturated rings. The monoisotopic (exact) mass is 365 g/mol. The van der Waals surface area contributed by atoms with Crippen LogP contribution in [0.5, 0.6) is 0 Å². The van der Waals surface area contributed by atoms with Crippen molar-refractivity contribution in [2.45, 2.75) is 24.2 Å². The molecule has 1 amide bonds. The minimum atomic E-state index is -3.53. The molecule has 1 N–H and O–H groups in total. The number of benzene rings is 1. The highest BCUT2D eigenvalue weighted by Crippen LogP contribution is 2.38. The quantitative estimate of drug-likeness (QED) is 0.803. The third-order valence-corrected chi connectivity index (χ3v) is 6.60. The summed E-state index contributed by atoms with van der Waals surface area (Å²) in [7, 11) is -3.53. The number of morpholine rings is 1. The van der Waals surface area contributed by atoms with Crippen molar-refractivity contribution in [2.75, 3.05) is 50.8 Å². The largest absolute Gasteiger partial charge is 0.379 e. The minimum absolute atomic E-state index is 0.144. The molecule has 1 saturated heterocycles. The van der Waals surface area contributed by atoms with Gasteiger partial charge >= 0.3 is 0 Å². The third kappa shape index (κ3) is 3.31. The van der Waals surface area contributed by atoms with Gasteiger partial charge in [0.25, 0.3) is 0 Å². The van der Waals surface area contributed by atoms with Gasteiger partial charge in [-0.2, -0.15) is 0 Å². The number of aryl methyl sites for hydroxylation is 1. The van der Waals surface area contributed by atoms with E-state index in [1.165, 1.54) is 0 Å². The molecule has 0 atom stereocenters. The van der Waals surface area contributed by atoms with Crippen LogP contribution in [0.1, 0.15) is 17.5 Å². The van der Waals surface area contributed by atoms with E-state index < -0.39 is 10.0 Å². The van der Waals surface area contributed by atoms with E-state index in [2.05, 4.69) is 9.62 Å². The molecule has 3 aliphatic heterocycles. The van der Waals surface area contributed by atoms with Crippen molar-refractivity contribution < 1.29 is 17.9 Å². The van der Waals surface area contributed by atoms with Crippen LogP contribution in [0.2, 0.25) is 0 Å². The van der Waals surface area contributed by atoms with Crippen LogP contribution in [-0.2, 0) is 32.4 Å². The van der Waals surface area contributed by atoms with Crippen LogP contribution in [0.3, 0.4) is 0 Å². The highest BCUT2D eigenvalue weighted by Gasteiger charge is 2.32. The fourth-order valence-electron chi connectivity index (χ4n) is 3.83. The van der Waals surface area contributed by atoms with Crippen molar-refractivity contribution >= 4 is 21.6 Å². The first-order chi connectivity index (χ1) is 12.0.